The third kappa shape index (κ3) is 2.99. The summed E-state index contributed by atoms with van der Waals surface area (Å²) < 4.78 is 0. The van der Waals surface area contributed by atoms with Crippen LogP contribution in [0.3, 0.4) is 0 Å². The van der Waals surface area contributed by atoms with Gasteiger partial charge in [0.05, 0.1) is 11.3 Å². The van der Waals surface area contributed by atoms with E-state index in [1.807, 2.05) is 6.07 Å². The van der Waals surface area contributed by atoms with E-state index in [1.165, 1.54) is 0 Å². The second-order valence-electron chi connectivity index (χ2n) is 2.78. The number of nitrogens with zero attached hydrogens (tertiary/aromatic N) is 1. The zero-order valence-electron chi connectivity index (χ0n) is 7.93. The van der Waals surface area contributed by atoms with Crippen LogP contribution in [0.15, 0.2) is 35.5 Å². The molecule has 0 aliphatic rings. The van der Waals surface area contributed by atoms with Crippen LogP contribution in [-0.4, -0.2) is 18.2 Å². The standard InChI is InChI=1S/C10H12N2O2/c1-8(7-11)12-14-10(13)9-5-3-2-4-6-9/h2-6H,7,11H2,1H3. The van der Waals surface area contributed by atoms with E-state index in [1.54, 1.807) is 31.2 Å². The van der Waals surface area contributed by atoms with Crippen molar-refractivity contribution in [2.24, 2.45) is 10.9 Å². The van der Waals surface area contributed by atoms with Gasteiger partial charge in [0.2, 0.25) is 0 Å². The maximum Gasteiger partial charge on any atom is 0.365 e. The van der Waals surface area contributed by atoms with Gasteiger partial charge in [0.25, 0.3) is 0 Å². The number of nitrogens with two attached hydrogens (primary N) is 1. The molecule has 1 rings (SSSR count). The Hall–Kier alpha value is -1.68. The molecule has 0 saturated carbocycles. The van der Waals surface area contributed by atoms with E-state index in [2.05, 4.69) is 9.99 Å². The van der Waals surface area contributed by atoms with Crippen LogP contribution in [0.25, 0.3) is 0 Å². The molecule has 4 nitrogen and oxygen atoms in total. The van der Waals surface area contributed by atoms with Gasteiger partial charge in [-0.25, -0.2) is 4.79 Å². The highest BCUT2D eigenvalue weighted by Gasteiger charge is 2.04. The van der Waals surface area contributed by atoms with Crippen molar-refractivity contribution in [2.75, 3.05) is 6.54 Å². The molecule has 0 atom stereocenters. The Bertz CT molecular complexity index is 333. The van der Waals surface area contributed by atoms with Gasteiger partial charge in [0.15, 0.2) is 0 Å². The van der Waals surface area contributed by atoms with Crippen molar-refractivity contribution in [3.63, 3.8) is 0 Å². The van der Waals surface area contributed by atoms with Gasteiger partial charge in [-0.3, -0.25) is 0 Å². The first-order chi connectivity index (χ1) is 6.74. The lowest BCUT2D eigenvalue weighted by Crippen LogP contribution is -2.11. The van der Waals surface area contributed by atoms with Crippen LogP contribution in [0.4, 0.5) is 0 Å². The van der Waals surface area contributed by atoms with Gasteiger partial charge in [-0.05, 0) is 19.1 Å². The monoisotopic (exact) mass is 192 g/mol. The van der Waals surface area contributed by atoms with Crippen molar-refractivity contribution in [3.8, 4) is 0 Å². The number of hydrogen-bond donors (Lipinski definition) is 1. The fourth-order valence-corrected chi connectivity index (χ4v) is 0.784. The Morgan fingerprint density at radius 1 is 1.43 bits per heavy atom. The van der Waals surface area contributed by atoms with Crippen molar-refractivity contribution >= 4 is 11.7 Å². The number of rotatable bonds is 3. The van der Waals surface area contributed by atoms with E-state index in [0.29, 0.717) is 11.3 Å². The largest absolute Gasteiger partial charge is 0.365 e. The van der Waals surface area contributed by atoms with Crippen LogP contribution < -0.4 is 5.73 Å². The maximum absolute atomic E-state index is 11.3. The van der Waals surface area contributed by atoms with Gasteiger partial charge in [-0.1, -0.05) is 23.4 Å². The SMILES string of the molecule is CC(CN)=NOC(=O)c1ccccc1. The van der Waals surface area contributed by atoms with E-state index in [4.69, 9.17) is 5.73 Å². The fourth-order valence-electron chi connectivity index (χ4n) is 0.784. The van der Waals surface area contributed by atoms with Crippen LogP contribution in [0.1, 0.15) is 17.3 Å². The molecular weight excluding hydrogens is 180 g/mol. The van der Waals surface area contributed by atoms with Crippen molar-refractivity contribution < 1.29 is 9.63 Å². The summed E-state index contributed by atoms with van der Waals surface area (Å²) in [6, 6.07) is 8.67. The number of oxime groups is 1. The predicted octanol–water partition coefficient (Wildman–Crippen LogP) is 1.18. The lowest BCUT2D eigenvalue weighted by molar-refractivity contribution is 0.0515. The summed E-state index contributed by atoms with van der Waals surface area (Å²) in [5.41, 5.74) is 6.33. The smallest absolute Gasteiger partial charge is 0.325 e. The molecule has 0 saturated heterocycles. The highest BCUT2D eigenvalue weighted by Crippen LogP contribution is 2.00. The predicted molar refractivity (Wildman–Crippen MR) is 54.0 cm³/mol. The molecule has 2 N–H and O–H groups in total. The number of carbonyl (C=O) groups is 1. The van der Waals surface area contributed by atoms with Gasteiger partial charge in [0.1, 0.15) is 0 Å². The van der Waals surface area contributed by atoms with E-state index in [9.17, 15) is 4.79 Å². The first kappa shape index (κ1) is 10.4. The van der Waals surface area contributed by atoms with Gasteiger partial charge < -0.3 is 10.6 Å². The minimum Gasteiger partial charge on any atom is -0.325 e. The molecule has 0 aliphatic carbocycles. The number of benzene rings is 1. The van der Waals surface area contributed by atoms with Crippen molar-refractivity contribution in [1.82, 2.24) is 0 Å². The average Bonchev–Trinajstić information content (AvgIpc) is 2.26. The van der Waals surface area contributed by atoms with Crippen molar-refractivity contribution in [1.29, 1.82) is 0 Å². The molecular formula is C10H12N2O2. The number of hydrogen-bond acceptors (Lipinski definition) is 4. The first-order valence-electron chi connectivity index (χ1n) is 4.24. The van der Waals surface area contributed by atoms with Crippen LogP contribution in [-0.2, 0) is 4.84 Å². The summed E-state index contributed by atoms with van der Waals surface area (Å²) in [6.45, 7) is 1.97. The molecule has 0 heterocycles. The summed E-state index contributed by atoms with van der Waals surface area (Å²) >= 11 is 0. The molecule has 1 aromatic rings. The van der Waals surface area contributed by atoms with E-state index in [-0.39, 0.29) is 6.54 Å². The van der Waals surface area contributed by atoms with E-state index < -0.39 is 5.97 Å². The molecule has 0 spiro atoms. The third-order valence-corrected chi connectivity index (χ3v) is 1.59. The second kappa shape index (κ2) is 5.14. The third-order valence-electron chi connectivity index (χ3n) is 1.59. The Kier molecular flexibility index (Phi) is 3.82. The fraction of sp³-hybridized carbons (Fsp3) is 0.200. The highest BCUT2D eigenvalue weighted by atomic mass is 16.7. The molecule has 14 heavy (non-hydrogen) atoms. The van der Waals surface area contributed by atoms with Crippen LogP contribution in [0, 0.1) is 0 Å². The van der Waals surface area contributed by atoms with Gasteiger partial charge in [-0.15, -0.1) is 0 Å². The minimum absolute atomic E-state index is 0.280. The van der Waals surface area contributed by atoms with Crippen molar-refractivity contribution in [2.45, 2.75) is 6.92 Å². The van der Waals surface area contributed by atoms with E-state index >= 15 is 0 Å². The summed E-state index contributed by atoms with van der Waals surface area (Å²) in [4.78, 5) is 15.9. The van der Waals surface area contributed by atoms with Gasteiger partial charge in [0, 0.05) is 6.54 Å². The quantitative estimate of drug-likeness (QED) is 0.444. The number of carbonyl (C=O) groups excluding carboxylic acids is 1. The second-order valence-corrected chi connectivity index (χ2v) is 2.78. The molecule has 1 aromatic carbocycles. The zero-order chi connectivity index (χ0) is 10.4. The highest BCUT2D eigenvalue weighted by molar-refractivity contribution is 5.90. The summed E-state index contributed by atoms with van der Waals surface area (Å²) in [5.74, 6) is -0.474. The van der Waals surface area contributed by atoms with Gasteiger partial charge in [-0.2, -0.15) is 0 Å². The topological polar surface area (TPSA) is 64.7 Å². The Morgan fingerprint density at radius 2 is 2.07 bits per heavy atom. The average molecular weight is 192 g/mol. The molecule has 0 bridgehead atoms. The van der Waals surface area contributed by atoms with Crippen LogP contribution in [0.2, 0.25) is 0 Å². The van der Waals surface area contributed by atoms with Crippen molar-refractivity contribution in [3.05, 3.63) is 35.9 Å². The molecule has 4 heteroatoms. The summed E-state index contributed by atoms with van der Waals surface area (Å²) in [7, 11) is 0. The lowest BCUT2D eigenvalue weighted by Gasteiger charge is -1.98. The molecule has 0 amide bonds. The minimum atomic E-state index is -0.474. The maximum atomic E-state index is 11.3. The normalized spacial score (nSPS) is 11.1. The van der Waals surface area contributed by atoms with Gasteiger partial charge >= 0.3 is 5.97 Å². The molecule has 0 aliphatic heterocycles. The molecule has 0 radical (unpaired) electrons. The lowest BCUT2D eigenvalue weighted by atomic mass is 10.2. The molecule has 74 valence electrons. The van der Waals surface area contributed by atoms with Crippen LogP contribution in [0.5, 0.6) is 0 Å². The molecule has 0 unspecified atom stereocenters. The van der Waals surface area contributed by atoms with Crippen LogP contribution >= 0.6 is 0 Å². The molecule has 0 fully saturated rings. The first-order valence-corrected chi connectivity index (χ1v) is 4.24. The van der Waals surface area contributed by atoms with E-state index in [0.717, 1.165) is 0 Å². The zero-order valence-corrected chi connectivity index (χ0v) is 7.93. The summed E-state index contributed by atoms with van der Waals surface area (Å²) in [6.07, 6.45) is 0. The Balaban J connectivity index is 2.60. The molecule has 0 aromatic heterocycles. The Labute approximate surface area is 82.4 Å². The summed E-state index contributed by atoms with van der Waals surface area (Å²) in [5, 5.41) is 3.56. The Morgan fingerprint density at radius 3 is 2.64 bits per heavy atom.